The van der Waals surface area contributed by atoms with Crippen LogP contribution in [0.25, 0.3) is 9.69 Å². The number of hydrogen-bond acceptors (Lipinski definition) is 11. The molecule has 4 aromatic carbocycles. The van der Waals surface area contributed by atoms with Crippen LogP contribution in [0.2, 0.25) is 10.0 Å². The molecule has 0 aliphatic heterocycles. The zero-order valence-corrected chi connectivity index (χ0v) is 32.3. The lowest BCUT2D eigenvalue weighted by Crippen LogP contribution is -2.52. The second kappa shape index (κ2) is 22.1. The molecule has 0 saturated heterocycles. The molecule has 12 N–H and O–H groups in total. The van der Waals surface area contributed by atoms with Crippen molar-refractivity contribution in [2.75, 3.05) is 10.6 Å². The molecule has 0 bridgehead atoms. The third-order valence-corrected chi connectivity index (χ3v) is 8.71. The van der Waals surface area contributed by atoms with Gasteiger partial charge in [0.05, 0.1) is 35.4 Å². The lowest BCUT2D eigenvalue weighted by atomic mass is 10.1. The molecule has 4 rings (SSSR count). The minimum atomic E-state index is -1.16. The van der Waals surface area contributed by atoms with Crippen LogP contribution in [0.4, 0.5) is 22.7 Å². The number of halogens is 2. The van der Waals surface area contributed by atoms with E-state index >= 15 is 0 Å². The topological polar surface area (TPSA) is 264 Å². The van der Waals surface area contributed by atoms with Crippen LogP contribution in [-0.4, -0.2) is 73.5 Å². The van der Waals surface area contributed by atoms with Crippen molar-refractivity contribution in [2.45, 2.75) is 52.0 Å². The van der Waals surface area contributed by atoms with E-state index in [4.69, 9.17) is 52.4 Å². The van der Waals surface area contributed by atoms with E-state index < -0.39 is 48.0 Å². The van der Waals surface area contributed by atoms with Gasteiger partial charge in [0, 0.05) is 22.5 Å². The number of aliphatic hydroxyl groups excluding tert-OH is 2. The number of nitrogens with one attached hydrogen (secondary N) is 5. The van der Waals surface area contributed by atoms with Crippen molar-refractivity contribution >= 4 is 69.6 Å². The van der Waals surface area contributed by atoms with Gasteiger partial charge in [0.25, 0.3) is 17.7 Å². The molecule has 0 saturated carbocycles. The van der Waals surface area contributed by atoms with E-state index in [1.54, 1.807) is 38.1 Å². The Balaban J connectivity index is 0.000000329. The minimum Gasteiger partial charge on any atom is -0.508 e. The summed E-state index contributed by atoms with van der Waals surface area (Å²) >= 11 is 12.1. The smallest absolute Gasteiger partial charge is 0.328 e. The van der Waals surface area contributed by atoms with Crippen molar-refractivity contribution in [2.24, 2.45) is 5.84 Å². The van der Waals surface area contributed by atoms with E-state index in [0.717, 1.165) is 0 Å². The predicted molar refractivity (Wildman–Crippen MR) is 214 cm³/mol. The van der Waals surface area contributed by atoms with Gasteiger partial charge in [-0.1, -0.05) is 47.5 Å². The Morgan fingerprint density at radius 1 is 0.684 bits per heavy atom. The highest BCUT2D eigenvalue weighted by Crippen LogP contribution is 2.34. The summed E-state index contributed by atoms with van der Waals surface area (Å²) in [5, 5.41) is 52.8. The standard InChI is InChI=1S/C19H19ClN4O4.C12H13ClN2O3.C7H8N2O2/c1-10-14(7-8-15(21-3)16(10)20)22-17(11(2)25)19(28)24-23-18(27)12-5-4-6-13(26)9-12;1-6-8(4-5-9(14-3)10(6)13)15-11(7(2)16)12(17)18;8-9-7(11)5-2-1-3-6(10)4-5/h4-9,11,17,22,25-26H,1-2H3,(H,23,27)(H,24,28);4-5,7,11,15-16H,1-2H3,(H,17,18);1-4,10H,8H2,(H,9,11)/t11-,17-;7-,11-;/m11./s1. The molecule has 0 fully saturated rings. The quantitative estimate of drug-likeness (QED) is 0.0439. The number of nitrogens with zero attached hydrogens (tertiary/aromatic N) is 2. The molecular formula is C38H40Cl2N8O9. The first-order valence-corrected chi connectivity index (χ1v) is 17.3. The molecular weight excluding hydrogens is 783 g/mol. The van der Waals surface area contributed by atoms with E-state index in [2.05, 4.69) is 31.2 Å². The van der Waals surface area contributed by atoms with Crippen molar-refractivity contribution < 1.29 is 44.7 Å². The zero-order chi connectivity index (χ0) is 43.0. The Bertz CT molecular complexity index is 2170. The number of carboxylic acids is 1. The van der Waals surface area contributed by atoms with Gasteiger partial charge in [-0.2, -0.15) is 0 Å². The van der Waals surface area contributed by atoms with Gasteiger partial charge in [0.1, 0.15) is 17.5 Å². The lowest BCUT2D eigenvalue weighted by Gasteiger charge is -2.23. The minimum absolute atomic E-state index is 0.0473. The summed E-state index contributed by atoms with van der Waals surface area (Å²) in [5.74, 6) is 1.94. The molecule has 0 radical (unpaired) electrons. The molecule has 17 nitrogen and oxygen atoms in total. The number of carbonyl (C=O) groups excluding carboxylic acids is 3. The summed E-state index contributed by atoms with van der Waals surface area (Å²) in [6, 6.07) is 15.5. The number of carbonyl (C=O) groups is 4. The summed E-state index contributed by atoms with van der Waals surface area (Å²) in [6.45, 7) is 20.1. The highest BCUT2D eigenvalue weighted by atomic mass is 35.5. The van der Waals surface area contributed by atoms with Crippen LogP contribution >= 0.6 is 23.2 Å². The highest BCUT2D eigenvalue weighted by molar-refractivity contribution is 6.35. The number of carboxylic acid groups (broad SMARTS) is 1. The molecule has 57 heavy (non-hydrogen) atoms. The third-order valence-electron chi connectivity index (χ3n) is 7.76. The number of phenols is 2. The van der Waals surface area contributed by atoms with Crippen molar-refractivity contribution in [1.82, 2.24) is 16.3 Å². The SMILES string of the molecule is NNC(=O)c1cccc(O)c1.[C-]#[N+]c1ccc(N[C@@H](C(=O)NNC(=O)c2cccc(O)c2)[C@@H](C)O)c(C)c1Cl.[C-]#[N+]c1ccc(N[C@@H](C(=O)O)[C@@H](C)O)c(C)c1Cl. The van der Waals surface area contributed by atoms with E-state index in [-0.39, 0.29) is 32.8 Å². The highest BCUT2D eigenvalue weighted by Gasteiger charge is 2.26. The summed E-state index contributed by atoms with van der Waals surface area (Å²) in [7, 11) is 0. The van der Waals surface area contributed by atoms with Gasteiger partial charge in [-0.3, -0.25) is 30.7 Å². The van der Waals surface area contributed by atoms with E-state index in [9.17, 15) is 34.5 Å². The van der Waals surface area contributed by atoms with Crippen LogP contribution in [-0.2, 0) is 9.59 Å². The molecule has 0 aromatic heterocycles. The fraction of sp³-hybridized carbons (Fsp3) is 0.211. The first-order chi connectivity index (χ1) is 26.9. The Labute approximate surface area is 337 Å². The number of amides is 3. The molecule has 4 aromatic rings. The summed E-state index contributed by atoms with van der Waals surface area (Å²) < 4.78 is 0. The van der Waals surface area contributed by atoms with Gasteiger partial charge < -0.3 is 36.2 Å². The van der Waals surface area contributed by atoms with Gasteiger partial charge in [-0.05, 0) is 87.4 Å². The molecule has 3 amide bonds. The number of aliphatic carboxylic acids is 1. The van der Waals surface area contributed by atoms with Gasteiger partial charge >= 0.3 is 5.97 Å². The average Bonchev–Trinajstić information content (AvgIpc) is 3.17. The maximum Gasteiger partial charge on any atom is 0.328 e. The summed E-state index contributed by atoms with van der Waals surface area (Å²) in [5.41, 5.74) is 9.59. The number of nitrogens with two attached hydrogens (primary N) is 1. The van der Waals surface area contributed by atoms with E-state index in [1.165, 1.54) is 62.4 Å². The zero-order valence-electron chi connectivity index (χ0n) is 30.8. The number of hydrogen-bond donors (Lipinski definition) is 11. The van der Waals surface area contributed by atoms with Crippen LogP contribution in [0.3, 0.4) is 0 Å². The molecule has 0 heterocycles. The molecule has 0 unspecified atom stereocenters. The monoisotopic (exact) mass is 822 g/mol. The molecule has 0 spiro atoms. The van der Waals surface area contributed by atoms with E-state index in [1.807, 2.05) is 5.43 Å². The molecule has 300 valence electrons. The number of aromatic hydroxyl groups is 2. The fourth-order valence-electron chi connectivity index (χ4n) is 4.60. The Morgan fingerprint density at radius 2 is 1.11 bits per heavy atom. The maximum absolute atomic E-state index is 12.4. The Kier molecular flexibility index (Phi) is 18.0. The van der Waals surface area contributed by atoms with Gasteiger partial charge in [0.2, 0.25) is 11.4 Å². The third kappa shape index (κ3) is 13.6. The second-order valence-corrected chi connectivity index (χ2v) is 12.7. The fourth-order valence-corrected chi connectivity index (χ4v) is 5.02. The van der Waals surface area contributed by atoms with Crippen LogP contribution in [0.15, 0.2) is 72.8 Å². The first-order valence-electron chi connectivity index (χ1n) is 16.5. The van der Waals surface area contributed by atoms with Gasteiger partial charge in [-0.25, -0.2) is 20.3 Å². The summed E-state index contributed by atoms with van der Waals surface area (Å²) in [4.78, 5) is 52.8. The number of phenolic OH excluding ortho intramolecular Hbond substituents is 2. The predicted octanol–water partition coefficient (Wildman–Crippen LogP) is 4.97. The summed E-state index contributed by atoms with van der Waals surface area (Å²) in [6.07, 6.45) is -2.15. The van der Waals surface area contributed by atoms with Crippen molar-refractivity contribution in [1.29, 1.82) is 0 Å². The first kappa shape index (κ1) is 46.6. The maximum atomic E-state index is 12.4. The van der Waals surface area contributed by atoms with Crippen molar-refractivity contribution in [3.05, 3.63) is 128 Å². The van der Waals surface area contributed by atoms with Crippen molar-refractivity contribution in [3.8, 4) is 11.5 Å². The molecule has 0 aliphatic rings. The number of nitrogen functional groups attached to an aromatic ring is 1. The van der Waals surface area contributed by atoms with E-state index in [0.29, 0.717) is 33.8 Å². The molecule has 19 heteroatoms. The van der Waals surface area contributed by atoms with Gasteiger partial charge in [0.15, 0.2) is 6.04 Å². The van der Waals surface area contributed by atoms with Crippen molar-refractivity contribution in [3.63, 3.8) is 0 Å². The molecule has 4 atom stereocenters. The average molecular weight is 824 g/mol. The molecule has 0 aliphatic carbocycles. The van der Waals surface area contributed by atoms with Crippen LogP contribution < -0.4 is 32.8 Å². The number of rotatable bonds is 10. The number of aliphatic hydroxyl groups is 2. The Morgan fingerprint density at radius 3 is 1.47 bits per heavy atom. The number of anilines is 2. The largest absolute Gasteiger partial charge is 0.508 e. The normalized spacial score (nSPS) is 12.1. The second-order valence-electron chi connectivity index (χ2n) is 11.9. The van der Waals surface area contributed by atoms with Crippen LogP contribution in [0.1, 0.15) is 45.7 Å². The van der Waals surface area contributed by atoms with Crippen LogP contribution in [0, 0.1) is 27.0 Å². The number of benzene rings is 4. The Hall–Kier alpha value is -6.60. The van der Waals surface area contributed by atoms with Crippen LogP contribution in [0.5, 0.6) is 11.5 Å². The lowest BCUT2D eigenvalue weighted by molar-refractivity contribution is -0.140. The number of hydrazine groups is 2. The van der Waals surface area contributed by atoms with Gasteiger partial charge in [-0.15, -0.1) is 0 Å².